The van der Waals surface area contributed by atoms with Gasteiger partial charge in [-0.05, 0) is 57.4 Å². The first-order valence-electron chi connectivity index (χ1n) is 11.1. The van der Waals surface area contributed by atoms with E-state index in [1.165, 1.54) is 53.4 Å². The van der Waals surface area contributed by atoms with Gasteiger partial charge in [0.2, 0.25) is 0 Å². The zero-order valence-electron chi connectivity index (χ0n) is 17.3. The van der Waals surface area contributed by atoms with Crippen LogP contribution < -0.4 is 10.5 Å². The lowest BCUT2D eigenvalue weighted by atomic mass is 9.83. The Kier molecular flexibility index (Phi) is 4.96. The molecule has 3 aromatic rings. The Hall–Kier alpha value is -2.46. The van der Waals surface area contributed by atoms with Crippen LogP contribution in [0.25, 0.3) is 21.8 Å². The molecule has 2 aromatic carbocycles. The predicted octanol–water partition coefficient (Wildman–Crippen LogP) is 4.91. The van der Waals surface area contributed by atoms with Crippen LogP contribution >= 0.6 is 0 Å². The average molecular weight is 390 g/mol. The van der Waals surface area contributed by atoms with Gasteiger partial charge in [0.25, 0.3) is 0 Å². The fourth-order valence-electron chi connectivity index (χ4n) is 5.29. The zero-order chi connectivity index (χ0) is 19.8. The molecule has 3 saturated heterocycles. The van der Waals surface area contributed by atoms with Crippen LogP contribution in [0.3, 0.4) is 0 Å². The molecule has 152 valence electrons. The standard InChI is InChI=1S/C25H31N3O/c1-2-22-25(18-11-15-27(22)16-12-18)29-19-9-10-21-20-7-3-4-8-23(20)28(24(21)17-19)14-6-5-13-26/h2-4,7-10,17-18,25H,5-6,11-16,26H2,1H3. The summed E-state index contributed by atoms with van der Waals surface area (Å²) in [5.41, 5.74) is 9.68. The van der Waals surface area contributed by atoms with Gasteiger partial charge in [0.05, 0.1) is 11.2 Å². The number of allylic oxidation sites excluding steroid dienone is 1. The summed E-state index contributed by atoms with van der Waals surface area (Å²) in [5, 5.41) is 2.62. The smallest absolute Gasteiger partial charge is 0.141 e. The zero-order valence-corrected chi connectivity index (χ0v) is 17.3. The Bertz CT molecular complexity index is 1040. The van der Waals surface area contributed by atoms with Gasteiger partial charge in [0.1, 0.15) is 11.9 Å². The first kappa shape index (κ1) is 18.6. The second kappa shape index (κ2) is 7.75. The number of aromatic nitrogens is 1. The fraction of sp³-hybridized carbons (Fsp3) is 0.440. The van der Waals surface area contributed by atoms with E-state index in [0.29, 0.717) is 5.92 Å². The lowest BCUT2D eigenvalue weighted by Gasteiger charge is -2.47. The SMILES string of the molecule is CC=C1C(Oc2ccc3c4ccccc4n(CCCCN)c3c2)C2CCN1CC2. The number of aryl methyl sites for hydroxylation is 1. The third-order valence-corrected chi connectivity index (χ3v) is 6.76. The Labute approximate surface area is 172 Å². The predicted molar refractivity (Wildman–Crippen MR) is 120 cm³/mol. The molecular weight excluding hydrogens is 358 g/mol. The van der Waals surface area contributed by atoms with Crippen molar-refractivity contribution in [2.75, 3.05) is 19.6 Å². The van der Waals surface area contributed by atoms with Crippen molar-refractivity contribution in [3.05, 3.63) is 54.2 Å². The van der Waals surface area contributed by atoms with Gasteiger partial charge in [-0.1, -0.05) is 24.3 Å². The largest absolute Gasteiger partial charge is 0.484 e. The Morgan fingerprint density at radius 3 is 2.62 bits per heavy atom. The molecule has 0 spiro atoms. The molecule has 0 aliphatic carbocycles. The minimum Gasteiger partial charge on any atom is -0.484 e. The molecule has 1 unspecified atom stereocenters. The summed E-state index contributed by atoms with van der Waals surface area (Å²) < 4.78 is 9.08. The van der Waals surface area contributed by atoms with Gasteiger partial charge in [0.15, 0.2) is 0 Å². The number of hydrogen-bond donors (Lipinski definition) is 1. The monoisotopic (exact) mass is 389 g/mol. The van der Waals surface area contributed by atoms with Crippen LogP contribution in [0.15, 0.2) is 54.2 Å². The van der Waals surface area contributed by atoms with Crippen molar-refractivity contribution in [2.24, 2.45) is 11.7 Å². The maximum Gasteiger partial charge on any atom is 0.141 e. The van der Waals surface area contributed by atoms with E-state index in [-0.39, 0.29) is 6.10 Å². The molecule has 4 nitrogen and oxygen atoms in total. The molecule has 1 atom stereocenters. The molecule has 6 rings (SSSR count). The number of unbranched alkanes of at least 4 members (excludes halogenated alkanes) is 1. The number of ether oxygens (including phenoxy) is 1. The summed E-state index contributed by atoms with van der Waals surface area (Å²) in [6.45, 7) is 6.24. The number of nitrogens with two attached hydrogens (primary N) is 1. The van der Waals surface area contributed by atoms with Gasteiger partial charge < -0.3 is 19.9 Å². The van der Waals surface area contributed by atoms with E-state index in [1.54, 1.807) is 0 Å². The summed E-state index contributed by atoms with van der Waals surface area (Å²) in [5.74, 6) is 1.62. The number of nitrogens with zero attached hydrogens (tertiary/aromatic N) is 2. The van der Waals surface area contributed by atoms with Crippen LogP contribution in [0.5, 0.6) is 5.75 Å². The molecule has 4 heterocycles. The highest BCUT2D eigenvalue weighted by atomic mass is 16.5. The number of benzene rings is 2. The van der Waals surface area contributed by atoms with Crippen molar-refractivity contribution < 1.29 is 4.74 Å². The van der Waals surface area contributed by atoms with Gasteiger partial charge >= 0.3 is 0 Å². The molecule has 3 aliphatic heterocycles. The van der Waals surface area contributed by atoms with Crippen LogP contribution in [0.2, 0.25) is 0 Å². The van der Waals surface area contributed by atoms with E-state index in [0.717, 1.165) is 31.7 Å². The van der Waals surface area contributed by atoms with E-state index in [1.807, 2.05) is 0 Å². The van der Waals surface area contributed by atoms with Gasteiger partial charge in [-0.15, -0.1) is 0 Å². The molecule has 2 N–H and O–H groups in total. The summed E-state index contributed by atoms with van der Waals surface area (Å²) >= 11 is 0. The van der Waals surface area contributed by atoms with Crippen molar-refractivity contribution in [1.29, 1.82) is 0 Å². The minimum atomic E-state index is 0.190. The van der Waals surface area contributed by atoms with Crippen molar-refractivity contribution in [3.8, 4) is 5.75 Å². The van der Waals surface area contributed by atoms with Crippen molar-refractivity contribution >= 4 is 21.8 Å². The number of fused-ring (bicyclic) bond motifs is 6. The van der Waals surface area contributed by atoms with Crippen LogP contribution in [-0.2, 0) is 6.54 Å². The minimum absolute atomic E-state index is 0.190. The van der Waals surface area contributed by atoms with E-state index >= 15 is 0 Å². The molecule has 1 aromatic heterocycles. The molecule has 2 bridgehead atoms. The fourth-order valence-corrected chi connectivity index (χ4v) is 5.29. The second-order valence-electron chi connectivity index (χ2n) is 8.42. The Balaban J connectivity index is 1.52. The van der Waals surface area contributed by atoms with E-state index < -0.39 is 0 Å². The molecule has 0 amide bonds. The Morgan fingerprint density at radius 2 is 1.83 bits per heavy atom. The van der Waals surface area contributed by atoms with Crippen molar-refractivity contribution in [3.63, 3.8) is 0 Å². The molecule has 4 heteroatoms. The highest BCUT2D eigenvalue weighted by Crippen LogP contribution is 2.38. The lowest BCUT2D eigenvalue weighted by molar-refractivity contribution is 0.0352. The topological polar surface area (TPSA) is 43.4 Å². The van der Waals surface area contributed by atoms with Gasteiger partial charge in [-0.2, -0.15) is 0 Å². The lowest BCUT2D eigenvalue weighted by Crippen LogP contribution is -2.50. The van der Waals surface area contributed by atoms with Gasteiger partial charge in [-0.25, -0.2) is 0 Å². The number of piperidine rings is 3. The summed E-state index contributed by atoms with van der Waals surface area (Å²) in [6.07, 6.45) is 7.06. The third-order valence-electron chi connectivity index (χ3n) is 6.76. The van der Waals surface area contributed by atoms with Crippen LogP contribution in [0.1, 0.15) is 32.6 Å². The van der Waals surface area contributed by atoms with E-state index in [2.05, 4.69) is 64.9 Å². The highest BCUT2D eigenvalue weighted by Gasteiger charge is 2.39. The molecule has 3 aliphatic rings. The average Bonchev–Trinajstić information content (AvgIpc) is 3.08. The molecular formula is C25H31N3O. The van der Waals surface area contributed by atoms with Crippen molar-refractivity contribution in [2.45, 2.75) is 45.3 Å². The van der Waals surface area contributed by atoms with Crippen molar-refractivity contribution in [1.82, 2.24) is 9.47 Å². The summed E-state index contributed by atoms with van der Waals surface area (Å²) in [4.78, 5) is 2.51. The maximum atomic E-state index is 6.63. The van der Waals surface area contributed by atoms with Crippen LogP contribution in [0.4, 0.5) is 0 Å². The Morgan fingerprint density at radius 1 is 1.03 bits per heavy atom. The highest BCUT2D eigenvalue weighted by molar-refractivity contribution is 6.08. The van der Waals surface area contributed by atoms with Crippen LogP contribution in [0, 0.1) is 5.92 Å². The molecule has 3 fully saturated rings. The molecule has 0 radical (unpaired) electrons. The normalized spacial score (nSPS) is 22.8. The molecule has 29 heavy (non-hydrogen) atoms. The summed E-state index contributed by atoms with van der Waals surface area (Å²) in [7, 11) is 0. The number of hydrogen-bond acceptors (Lipinski definition) is 3. The first-order chi connectivity index (χ1) is 14.3. The van der Waals surface area contributed by atoms with Gasteiger partial charge in [0, 0.05) is 47.9 Å². The van der Waals surface area contributed by atoms with E-state index in [9.17, 15) is 0 Å². The first-order valence-corrected chi connectivity index (χ1v) is 11.1. The quantitative estimate of drug-likeness (QED) is 0.609. The second-order valence-corrected chi connectivity index (χ2v) is 8.42. The third kappa shape index (κ3) is 3.20. The number of para-hydroxylation sites is 1. The van der Waals surface area contributed by atoms with E-state index in [4.69, 9.17) is 10.5 Å². The molecule has 0 saturated carbocycles. The maximum absolute atomic E-state index is 6.63. The van der Waals surface area contributed by atoms with Gasteiger partial charge in [-0.3, -0.25) is 0 Å². The number of rotatable bonds is 6. The summed E-state index contributed by atoms with van der Waals surface area (Å²) in [6, 6.07) is 15.4. The van der Waals surface area contributed by atoms with Crippen LogP contribution in [-0.4, -0.2) is 35.2 Å².